The van der Waals surface area contributed by atoms with Crippen LogP contribution in [0.3, 0.4) is 0 Å². The van der Waals surface area contributed by atoms with Crippen LogP contribution in [0.4, 0.5) is 4.39 Å². The van der Waals surface area contributed by atoms with Crippen LogP contribution in [-0.2, 0) is 11.3 Å². The third-order valence-corrected chi connectivity index (χ3v) is 2.57. The highest BCUT2D eigenvalue weighted by Gasteiger charge is 1.99. The van der Waals surface area contributed by atoms with Crippen LogP contribution < -0.4 is 5.32 Å². The highest BCUT2D eigenvalue weighted by atomic mass is 19.1. The third kappa shape index (κ3) is 4.73. The SMILES string of the molecule is COCCCCNCc1ccc(F)cc1C. The Morgan fingerprint density at radius 1 is 1.31 bits per heavy atom. The number of methoxy groups -OCH3 is 1. The van der Waals surface area contributed by atoms with E-state index >= 15 is 0 Å². The molecule has 1 rings (SSSR count). The van der Waals surface area contributed by atoms with Crippen LogP contribution in [0, 0.1) is 12.7 Å². The second-order valence-corrected chi connectivity index (χ2v) is 3.95. The Kier molecular flexibility index (Phi) is 6.04. The zero-order valence-electron chi connectivity index (χ0n) is 10.1. The van der Waals surface area contributed by atoms with Gasteiger partial charge in [0.2, 0.25) is 0 Å². The summed E-state index contributed by atoms with van der Waals surface area (Å²) in [6, 6.07) is 4.92. The van der Waals surface area contributed by atoms with E-state index in [9.17, 15) is 4.39 Å². The predicted octanol–water partition coefficient (Wildman–Crippen LogP) is 2.65. The molecule has 0 aromatic heterocycles. The van der Waals surface area contributed by atoms with E-state index in [1.807, 2.05) is 13.0 Å². The largest absolute Gasteiger partial charge is 0.385 e. The molecule has 0 aliphatic carbocycles. The summed E-state index contributed by atoms with van der Waals surface area (Å²) in [7, 11) is 1.72. The number of nitrogens with one attached hydrogen (secondary N) is 1. The number of benzene rings is 1. The van der Waals surface area contributed by atoms with Gasteiger partial charge in [0.05, 0.1) is 0 Å². The molecule has 0 radical (unpaired) electrons. The summed E-state index contributed by atoms with van der Waals surface area (Å²) in [5.41, 5.74) is 2.16. The van der Waals surface area contributed by atoms with Gasteiger partial charge < -0.3 is 10.1 Å². The molecule has 0 atom stereocenters. The van der Waals surface area contributed by atoms with Crippen molar-refractivity contribution in [3.63, 3.8) is 0 Å². The van der Waals surface area contributed by atoms with E-state index in [0.29, 0.717) is 0 Å². The highest BCUT2D eigenvalue weighted by Crippen LogP contribution is 2.09. The van der Waals surface area contributed by atoms with Crippen molar-refractivity contribution in [1.29, 1.82) is 0 Å². The lowest BCUT2D eigenvalue weighted by molar-refractivity contribution is 0.192. The first-order valence-electron chi connectivity index (χ1n) is 5.68. The third-order valence-electron chi connectivity index (χ3n) is 2.57. The number of hydrogen-bond donors (Lipinski definition) is 1. The summed E-state index contributed by atoms with van der Waals surface area (Å²) >= 11 is 0. The normalized spacial score (nSPS) is 10.7. The summed E-state index contributed by atoms with van der Waals surface area (Å²) in [5, 5.41) is 3.34. The molecule has 0 unspecified atom stereocenters. The summed E-state index contributed by atoms with van der Waals surface area (Å²) in [4.78, 5) is 0. The Hall–Kier alpha value is -0.930. The molecule has 90 valence electrons. The first-order valence-corrected chi connectivity index (χ1v) is 5.68. The van der Waals surface area contributed by atoms with Gasteiger partial charge in [0.1, 0.15) is 5.82 Å². The minimum atomic E-state index is -0.165. The molecular weight excluding hydrogens is 205 g/mol. The van der Waals surface area contributed by atoms with Gasteiger partial charge >= 0.3 is 0 Å². The molecule has 0 amide bonds. The fourth-order valence-corrected chi connectivity index (χ4v) is 1.58. The lowest BCUT2D eigenvalue weighted by atomic mass is 10.1. The van der Waals surface area contributed by atoms with Gasteiger partial charge in [-0.05, 0) is 49.6 Å². The summed E-state index contributed by atoms with van der Waals surface area (Å²) < 4.78 is 17.8. The number of ether oxygens (including phenoxy) is 1. The molecule has 0 bridgehead atoms. The van der Waals surface area contributed by atoms with Gasteiger partial charge in [-0.3, -0.25) is 0 Å². The second kappa shape index (κ2) is 7.36. The van der Waals surface area contributed by atoms with Gasteiger partial charge in [-0.1, -0.05) is 6.07 Å². The van der Waals surface area contributed by atoms with E-state index < -0.39 is 0 Å². The molecule has 1 aromatic rings. The van der Waals surface area contributed by atoms with Crippen molar-refractivity contribution in [2.24, 2.45) is 0 Å². The fourth-order valence-electron chi connectivity index (χ4n) is 1.58. The van der Waals surface area contributed by atoms with Crippen LogP contribution in [0.1, 0.15) is 24.0 Å². The second-order valence-electron chi connectivity index (χ2n) is 3.95. The maximum Gasteiger partial charge on any atom is 0.123 e. The van der Waals surface area contributed by atoms with Gasteiger partial charge in [-0.25, -0.2) is 4.39 Å². The van der Waals surface area contributed by atoms with Gasteiger partial charge in [0.25, 0.3) is 0 Å². The lowest BCUT2D eigenvalue weighted by Gasteiger charge is -2.07. The number of rotatable bonds is 7. The van der Waals surface area contributed by atoms with Crippen molar-refractivity contribution in [3.05, 3.63) is 35.1 Å². The molecule has 1 aromatic carbocycles. The van der Waals surface area contributed by atoms with Crippen molar-refractivity contribution in [2.45, 2.75) is 26.3 Å². The van der Waals surface area contributed by atoms with Crippen LogP contribution in [0.2, 0.25) is 0 Å². The lowest BCUT2D eigenvalue weighted by Crippen LogP contribution is -2.15. The summed E-state index contributed by atoms with van der Waals surface area (Å²) in [6.07, 6.45) is 2.18. The Morgan fingerprint density at radius 3 is 2.81 bits per heavy atom. The average molecular weight is 225 g/mol. The van der Waals surface area contributed by atoms with Gasteiger partial charge in [0, 0.05) is 20.3 Å². The smallest absolute Gasteiger partial charge is 0.123 e. The maximum atomic E-state index is 12.8. The molecule has 0 aliphatic heterocycles. The van der Waals surface area contributed by atoms with Gasteiger partial charge in [-0.2, -0.15) is 0 Å². The van der Waals surface area contributed by atoms with Crippen LogP contribution >= 0.6 is 0 Å². The van der Waals surface area contributed by atoms with E-state index in [-0.39, 0.29) is 5.82 Å². The van der Waals surface area contributed by atoms with Gasteiger partial charge in [0.15, 0.2) is 0 Å². The zero-order chi connectivity index (χ0) is 11.8. The fraction of sp³-hybridized carbons (Fsp3) is 0.538. The molecule has 0 saturated carbocycles. The standard InChI is InChI=1S/C13H20FNO/c1-11-9-13(14)6-5-12(11)10-15-7-3-4-8-16-2/h5-6,9,15H,3-4,7-8,10H2,1-2H3. The minimum Gasteiger partial charge on any atom is -0.385 e. The van der Waals surface area contributed by atoms with Crippen LogP contribution in [0.5, 0.6) is 0 Å². The summed E-state index contributed by atoms with van der Waals surface area (Å²) in [5.74, 6) is -0.165. The molecule has 1 N–H and O–H groups in total. The molecule has 0 saturated heterocycles. The van der Waals surface area contributed by atoms with Crippen molar-refractivity contribution < 1.29 is 9.13 Å². The molecule has 0 heterocycles. The van der Waals surface area contributed by atoms with E-state index in [1.54, 1.807) is 13.2 Å². The number of halogens is 1. The Labute approximate surface area is 96.8 Å². The van der Waals surface area contributed by atoms with Crippen LogP contribution in [0.15, 0.2) is 18.2 Å². The maximum absolute atomic E-state index is 12.8. The molecule has 3 heteroatoms. The van der Waals surface area contributed by atoms with E-state index in [2.05, 4.69) is 5.32 Å². The van der Waals surface area contributed by atoms with Crippen LogP contribution in [0.25, 0.3) is 0 Å². The molecule has 16 heavy (non-hydrogen) atoms. The van der Waals surface area contributed by atoms with Crippen molar-refractivity contribution in [1.82, 2.24) is 5.32 Å². The van der Waals surface area contributed by atoms with Crippen LogP contribution in [-0.4, -0.2) is 20.3 Å². The Bertz CT molecular complexity index is 315. The monoisotopic (exact) mass is 225 g/mol. The first kappa shape index (κ1) is 13.1. The zero-order valence-corrected chi connectivity index (χ0v) is 10.1. The van der Waals surface area contributed by atoms with Crippen molar-refractivity contribution in [3.8, 4) is 0 Å². The number of aryl methyl sites for hydroxylation is 1. The van der Waals surface area contributed by atoms with Crippen molar-refractivity contribution in [2.75, 3.05) is 20.3 Å². The van der Waals surface area contributed by atoms with Crippen molar-refractivity contribution >= 4 is 0 Å². The average Bonchev–Trinajstić information content (AvgIpc) is 2.26. The molecule has 0 aliphatic rings. The Morgan fingerprint density at radius 2 is 2.12 bits per heavy atom. The van der Waals surface area contributed by atoms with Gasteiger partial charge in [-0.15, -0.1) is 0 Å². The highest BCUT2D eigenvalue weighted by molar-refractivity contribution is 5.26. The minimum absolute atomic E-state index is 0.165. The molecular formula is C13H20FNO. The summed E-state index contributed by atoms with van der Waals surface area (Å²) in [6.45, 7) is 4.53. The van der Waals surface area contributed by atoms with E-state index in [1.165, 1.54) is 6.07 Å². The van der Waals surface area contributed by atoms with E-state index in [0.717, 1.165) is 43.7 Å². The van der Waals surface area contributed by atoms with E-state index in [4.69, 9.17) is 4.74 Å². The number of hydrogen-bond acceptors (Lipinski definition) is 2. The topological polar surface area (TPSA) is 21.3 Å². The molecule has 0 fully saturated rings. The first-order chi connectivity index (χ1) is 7.74. The Balaban J connectivity index is 2.21. The quantitative estimate of drug-likeness (QED) is 0.720. The molecule has 2 nitrogen and oxygen atoms in total. The number of unbranched alkanes of at least 4 members (excludes halogenated alkanes) is 1. The predicted molar refractivity (Wildman–Crippen MR) is 64.0 cm³/mol. The molecule has 0 spiro atoms.